The summed E-state index contributed by atoms with van der Waals surface area (Å²) in [6, 6.07) is 7.62. The number of carbonyl (C=O) groups excluding carboxylic acids is 1. The van der Waals surface area contributed by atoms with Gasteiger partial charge in [-0.2, -0.15) is 0 Å². The molecule has 0 bridgehead atoms. The monoisotopic (exact) mass is 219 g/mol. The predicted octanol–water partition coefficient (Wildman–Crippen LogP) is 2.07. The summed E-state index contributed by atoms with van der Waals surface area (Å²) in [5, 5.41) is 2.73. The standard InChI is InChI=1S/C13H17NO2/c1-3-4-8-14-13(15)10-16-12-7-5-6-11(2)9-12/h3,5-7,9H,1,4,8,10H2,2H3,(H,14,15). The van der Waals surface area contributed by atoms with Gasteiger partial charge in [-0.15, -0.1) is 6.58 Å². The maximum absolute atomic E-state index is 11.3. The highest BCUT2D eigenvalue weighted by Gasteiger charge is 2.01. The number of carbonyl (C=O) groups is 1. The van der Waals surface area contributed by atoms with E-state index in [2.05, 4.69) is 11.9 Å². The normalized spacial score (nSPS) is 9.56. The van der Waals surface area contributed by atoms with Crippen LogP contribution in [0.4, 0.5) is 0 Å². The molecule has 1 N–H and O–H groups in total. The molecule has 0 unspecified atom stereocenters. The van der Waals surface area contributed by atoms with E-state index in [-0.39, 0.29) is 12.5 Å². The van der Waals surface area contributed by atoms with Crippen LogP contribution in [0.2, 0.25) is 0 Å². The molecule has 0 saturated carbocycles. The lowest BCUT2D eigenvalue weighted by atomic mass is 10.2. The maximum Gasteiger partial charge on any atom is 0.257 e. The summed E-state index contributed by atoms with van der Waals surface area (Å²) in [6.07, 6.45) is 2.54. The van der Waals surface area contributed by atoms with Gasteiger partial charge in [-0.05, 0) is 31.0 Å². The van der Waals surface area contributed by atoms with Crippen LogP contribution in [0.15, 0.2) is 36.9 Å². The zero-order chi connectivity index (χ0) is 11.8. The molecule has 0 saturated heterocycles. The highest BCUT2D eigenvalue weighted by Crippen LogP contribution is 2.11. The molecule has 86 valence electrons. The average molecular weight is 219 g/mol. The van der Waals surface area contributed by atoms with Crippen LogP contribution in [0, 0.1) is 6.92 Å². The van der Waals surface area contributed by atoms with Crippen molar-refractivity contribution in [3.63, 3.8) is 0 Å². The van der Waals surface area contributed by atoms with Gasteiger partial charge in [0.05, 0.1) is 0 Å². The molecule has 1 aromatic rings. The number of amides is 1. The Hall–Kier alpha value is -1.77. The lowest BCUT2D eigenvalue weighted by Crippen LogP contribution is -2.29. The highest BCUT2D eigenvalue weighted by molar-refractivity contribution is 5.77. The van der Waals surface area contributed by atoms with Crippen LogP contribution in [0.3, 0.4) is 0 Å². The van der Waals surface area contributed by atoms with Crippen LogP contribution in [-0.4, -0.2) is 19.1 Å². The Morgan fingerprint density at radius 2 is 2.38 bits per heavy atom. The van der Waals surface area contributed by atoms with E-state index < -0.39 is 0 Å². The van der Waals surface area contributed by atoms with E-state index in [0.29, 0.717) is 6.54 Å². The lowest BCUT2D eigenvalue weighted by molar-refractivity contribution is -0.123. The first-order chi connectivity index (χ1) is 7.72. The largest absolute Gasteiger partial charge is 0.484 e. The Bertz CT molecular complexity index is 361. The third kappa shape index (κ3) is 4.64. The molecule has 1 aromatic carbocycles. The molecule has 0 heterocycles. The molecule has 0 atom stereocenters. The maximum atomic E-state index is 11.3. The van der Waals surface area contributed by atoms with Crippen molar-refractivity contribution in [3.05, 3.63) is 42.5 Å². The number of nitrogens with one attached hydrogen (secondary N) is 1. The first-order valence-electron chi connectivity index (χ1n) is 5.29. The Labute approximate surface area is 96.1 Å². The molecule has 0 aliphatic carbocycles. The fourth-order valence-corrected chi connectivity index (χ4v) is 1.22. The minimum atomic E-state index is -0.108. The van der Waals surface area contributed by atoms with Gasteiger partial charge < -0.3 is 10.1 Å². The van der Waals surface area contributed by atoms with Gasteiger partial charge in [0.25, 0.3) is 5.91 Å². The fourth-order valence-electron chi connectivity index (χ4n) is 1.22. The molecule has 1 amide bonds. The van der Waals surface area contributed by atoms with Crippen molar-refractivity contribution in [2.75, 3.05) is 13.2 Å². The van der Waals surface area contributed by atoms with E-state index in [9.17, 15) is 4.79 Å². The van der Waals surface area contributed by atoms with Crippen molar-refractivity contribution < 1.29 is 9.53 Å². The zero-order valence-corrected chi connectivity index (χ0v) is 9.53. The number of hydrogen-bond acceptors (Lipinski definition) is 2. The van der Waals surface area contributed by atoms with Crippen molar-refractivity contribution in [2.24, 2.45) is 0 Å². The number of hydrogen-bond donors (Lipinski definition) is 1. The third-order valence-electron chi connectivity index (χ3n) is 2.03. The van der Waals surface area contributed by atoms with Gasteiger partial charge >= 0.3 is 0 Å². The number of aryl methyl sites for hydroxylation is 1. The summed E-state index contributed by atoms with van der Waals surface area (Å²) in [5.41, 5.74) is 1.12. The van der Waals surface area contributed by atoms with Crippen LogP contribution in [0.5, 0.6) is 5.75 Å². The quantitative estimate of drug-likeness (QED) is 0.587. The Morgan fingerprint density at radius 3 is 3.06 bits per heavy atom. The summed E-state index contributed by atoms with van der Waals surface area (Å²) >= 11 is 0. The van der Waals surface area contributed by atoms with E-state index in [1.807, 2.05) is 31.2 Å². The van der Waals surface area contributed by atoms with Gasteiger partial charge in [0.1, 0.15) is 5.75 Å². The van der Waals surface area contributed by atoms with Crippen LogP contribution in [-0.2, 0) is 4.79 Å². The van der Waals surface area contributed by atoms with E-state index in [0.717, 1.165) is 17.7 Å². The van der Waals surface area contributed by atoms with Gasteiger partial charge in [0.15, 0.2) is 6.61 Å². The second-order valence-corrected chi connectivity index (χ2v) is 3.53. The molecular weight excluding hydrogens is 202 g/mol. The summed E-state index contributed by atoms with van der Waals surface area (Å²) in [6.45, 7) is 6.23. The fraction of sp³-hybridized carbons (Fsp3) is 0.308. The third-order valence-corrected chi connectivity index (χ3v) is 2.03. The smallest absolute Gasteiger partial charge is 0.257 e. The molecule has 3 heteroatoms. The Balaban J connectivity index is 2.28. The molecule has 0 aliphatic heterocycles. The molecule has 0 aromatic heterocycles. The molecule has 0 aliphatic rings. The Morgan fingerprint density at radius 1 is 1.56 bits per heavy atom. The summed E-state index contributed by atoms with van der Waals surface area (Å²) < 4.78 is 5.34. The average Bonchev–Trinajstić information content (AvgIpc) is 2.27. The van der Waals surface area contributed by atoms with Gasteiger partial charge in [0, 0.05) is 6.54 Å². The molecule has 0 spiro atoms. The number of ether oxygens (including phenoxy) is 1. The molecule has 0 fully saturated rings. The van der Waals surface area contributed by atoms with Crippen molar-refractivity contribution in [2.45, 2.75) is 13.3 Å². The Kier molecular flexibility index (Phi) is 5.12. The minimum Gasteiger partial charge on any atom is -0.484 e. The van der Waals surface area contributed by atoms with E-state index in [1.165, 1.54) is 0 Å². The molecule has 1 rings (SSSR count). The highest BCUT2D eigenvalue weighted by atomic mass is 16.5. The second-order valence-electron chi connectivity index (χ2n) is 3.53. The summed E-state index contributed by atoms with van der Waals surface area (Å²) in [4.78, 5) is 11.3. The van der Waals surface area contributed by atoms with Crippen molar-refractivity contribution in [3.8, 4) is 5.75 Å². The number of benzene rings is 1. The van der Waals surface area contributed by atoms with Crippen LogP contribution < -0.4 is 10.1 Å². The van der Waals surface area contributed by atoms with Crippen LogP contribution in [0.1, 0.15) is 12.0 Å². The summed E-state index contributed by atoms with van der Waals surface area (Å²) in [5.74, 6) is 0.613. The predicted molar refractivity (Wildman–Crippen MR) is 64.5 cm³/mol. The minimum absolute atomic E-state index is 0.0561. The van der Waals surface area contributed by atoms with Crippen molar-refractivity contribution in [1.29, 1.82) is 0 Å². The first kappa shape index (κ1) is 12.3. The molecule has 16 heavy (non-hydrogen) atoms. The van der Waals surface area contributed by atoms with E-state index >= 15 is 0 Å². The first-order valence-corrected chi connectivity index (χ1v) is 5.29. The van der Waals surface area contributed by atoms with Gasteiger partial charge in [0.2, 0.25) is 0 Å². The summed E-state index contributed by atoms with van der Waals surface area (Å²) in [7, 11) is 0. The molecule has 0 radical (unpaired) electrons. The van der Waals surface area contributed by atoms with E-state index in [4.69, 9.17) is 4.74 Å². The van der Waals surface area contributed by atoms with Crippen molar-refractivity contribution >= 4 is 5.91 Å². The second kappa shape index (κ2) is 6.67. The zero-order valence-electron chi connectivity index (χ0n) is 9.53. The topological polar surface area (TPSA) is 38.3 Å². The molecule has 3 nitrogen and oxygen atoms in total. The van der Waals surface area contributed by atoms with Crippen LogP contribution in [0.25, 0.3) is 0 Å². The van der Waals surface area contributed by atoms with Gasteiger partial charge in [-0.3, -0.25) is 4.79 Å². The van der Waals surface area contributed by atoms with Crippen molar-refractivity contribution in [1.82, 2.24) is 5.32 Å². The van der Waals surface area contributed by atoms with E-state index in [1.54, 1.807) is 6.08 Å². The SMILES string of the molecule is C=CCCNC(=O)COc1cccc(C)c1. The lowest BCUT2D eigenvalue weighted by Gasteiger charge is -2.07. The van der Waals surface area contributed by atoms with Gasteiger partial charge in [-0.1, -0.05) is 18.2 Å². The molecular formula is C13H17NO2. The number of rotatable bonds is 6. The van der Waals surface area contributed by atoms with Crippen LogP contribution >= 0.6 is 0 Å². The van der Waals surface area contributed by atoms with Gasteiger partial charge in [-0.25, -0.2) is 0 Å².